The van der Waals surface area contributed by atoms with E-state index in [1.165, 1.54) is 0 Å². The summed E-state index contributed by atoms with van der Waals surface area (Å²) in [6.07, 6.45) is 0. The minimum Gasteiger partial charge on any atom is -1.00 e. The standard InChI is InChI=1S/Co.Li.Mn.H2O.H/h;;;1H2;/q;+1;;;-1. The fraction of sp³-hybridized carbons (Fsp3) is 0. The Hall–Kier alpha value is 1.58. The van der Waals surface area contributed by atoms with Gasteiger partial charge in [0.1, 0.15) is 0 Å². The Kier molecular flexibility index (Phi) is 275. The zero-order chi connectivity index (χ0) is 0. The minimum absolute atomic E-state index is 0. The summed E-state index contributed by atoms with van der Waals surface area (Å²) < 4.78 is 0. The van der Waals surface area contributed by atoms with E-state index in [2.05, 4.69) is 0 Å². The molecule has 0 aliphatic heterocycles. The Morgan fingerprint density at radius 3 is 1.25 bits per heavy atom. The van der Waals surface area contributed by atoms with E-state index in [4.69, 9.17) is 0 Å². The van der Waals surface area contributed by atoms with Crippen LogP contribution in [0.3, 0.4) is 0 Å². The number of hydrogen-bond donors (Lipinski definition) is 0. The van der Waals surface area contributed by atoms with Crippen molar-refractivity contribution in [3.8, 4) is 0 Å². The molecule has 0 heterocycles. The molecule has 0 aliphatic carbocycles. The van der Waals surface area contributed by atoms with Gasteiger partial charge in [0.25, 0.3) is 0 Å². The summed E-state index contributed by atoms with van der Waals surface area (Å²) in [5.74, 6) is 0. The summed E-state index contributed by atoms with van der Waals surface area (Å²) in [4.78, 5) is 0. The normalized spacial score (nSPS) is 0. The molecule has 26 valence electrons. The number of hydrogen-bond acceptors (Lipinski definition) is 0. The van der Waals surface area contributed by atoms with E-state index in [9.17, 15) is 0 Å². The molecule has 2 radical (unpaired) electrons. The largest absolute Gasteiger partial charge is 1.00 e. The van der Waals surface area contributed by atoms with Crippen molar-refractivity contribution >= 4 is 0 Å². The molecule has 0 atom stereocenters. The first-order valence-corrected chi connectivity index (χ1v) is 0. The van der Waals surface area contributed by atoms with E-state index in [0.717, 1.165) is 0 Å². The van der Waals surface area contributed by atoms with Crippen LogP contribution in [0.15, 0.2) is 0 Å². The molecule has 0 saturated carbocycles. The van der Waals surface area contributed by atoms with Gasteiger partial charge in [-0.25, -0.2) is 0 Å². The third kappa shape index (κ3) is 9.54. The van der Waals surface area contributed by atoms with Crippen LogP contribution in [0.25, 0.3) is 0 Å². The fourth-order valence-corrected chi connectivity index (χ4v) is 0. The van der Waals surface area contributed by atoms with Gasteiger partial charge in [0.2, 0.25) is 0 Å². The van der Waals surface area contributed by atoms with Gasteiger partial charge >= 0.3 is 18.9 Å². The molecule has 0 spiro atoms. The summed E-state index contributed by atoms with van der Waals surface area (Å²) in [6.45, 7) is 0. The maximum atomic E-state index is 0. The summed E-state index contributed by atoms with van der Waals surface area (Å²) in [5, 5.41) is 0. The molecule has 2 N–H and O–H groups in total. The van der Waals surface area contributed by atoms with Gasteiger partial charge in [-0.3, -0.25) is 0 Å². The average Bonchev–Trinajstić information content (AvgIpc) is 0. The van der Waals surface area contributed by atoms with Gasteiger partial charge in [0.05, 0.1) is 0 Å². The molecule has 0 aromatic heterocycles. The quantitative estimate of drug-likeness (QED) is 0.310. The Balaban J connectivity index is 0. The van der Waals surface area contributed by atoms with E-state index in [1.807, 2.05) is 0 Å². The zero-order valence-corrected chi connectivity index (χ0v) is 4.43. The van der Waals surface area contributed by atoms with Crippen LogP contribution < -0.4 is 18.9 Å². The maximum Gasteiger partial charge on any atom is 1.00 e. The van der Waals surface area contributed by atoms with Crippen LogP contribution >= 0.6 is 0 Å². The van der Waals surface area contributed by atoms with Crippen molar-refractivity contribution in [2.24, 2.45) is 0 Å². The van der Waals surface area contributed by atoms with Crippen molar-refractivity contribution in [1.29, 1.82) is 0 Å². The van der Waals surface area contributed by atoms with Crippen molar-refractivity contribution in [2.45, 2.75) is 0 Å². The summed E-state index contributed by atoms with van der Waals surface area (Å²) in [6, 6.07) is 0. The molecule has 4 heteroatoms. The first-order valence-electron chi connectivity index (χ1n) is 0. The molecular weight excluding hydrogens is 137 g/mol. The van der Waals surface area contributed by atoms with Crippen molar-refractivity contribution in [3.05, 3.63) is 0 Å². The second kappa shape index (κ2) is 23.5. The molecular formula is H3CoLiMnO. The van der Waals surface area contributed by atoms with Gasteiger partial charge in [-0.05, 0) is 0 Å². The van der Waals surface area contributed by atoms with E-state index in [1.54, 1.807) is 0 Å². The van der Waals surface area contributed by atoms with Crippen molar-refractivity contribution in [1.82, 2.24) is 0 Å². The third-order valence-electron chi connectivity index (χ3n) is 0. The second-order valence-electron chi connectivity index (χ2n) is 0. The van der Waals surface area contributed by atoms with Gasteiger partial charge in [-0.1, -0.05) is 0 Å². The van der Waals surface area contributed by atoms with Gasteiger partial charge in [-0.2, -0.15) is 0 Å². The Bertz CT molecular complexity index is 11.6. The molecule has 0 saturated heterocycles. The SMILES string of the molecule is O.[Co].[H-].[Li+].[Mn]. The van der Waals surface area contributed by atoms with Crippen LogP contribution in [0, 0.1) is 0 Å². The Labute approximate surface area is 59.5 Å². The van der Waals surface area contributed by atoms with E-state index < -0.39 is 0 Å². The Morgan fingerprint density at radius 2 is 1.25 bits per heavy atom. The van der Waals surface area contributed by atoms with Crippen molar-refractivity contribution in [2.75, 3.05) is 0 Å². The van der Waals surface area contributed by atoms with Crippen LogP contribution in [-0.2, 0) is 33.8 Å². The summed E-state index contributed by atoms with van der Waals surface area (Å²) >= 11 is 0. The molecule has 0 aromatic carbocycles. The third-order valence-corrected chi connectivity index (χ3v) is 0. The van der Waals surface area contributed by atoms with Crippen LogP contribution in [0.4, 0.5) is 0 Å². The first kappa shape index (κ1) is 46.8. The van der Waals surface area contributed by atoms with Crippen molar-refractivity contribution < 1.29 is 59.6 Å². The predicted octanol–water partition coefficient (Wildman–Crippen LogP) is -3.71. The van der Waals surface area contributed by atoms with Gasteiger partial charge in [0.15, 0.2) is 0 Å². The molecule has 0 rings (SSSR count). The molecule has 0 amide bonds. The maximum absolute atomic E-state index is 0. The molecule has 0 aliphatic rings. The van der Waals surface area contributed by atoms with Gasteiger partial charge in [0, 0.05) is 33.8 Å². The average molecular weight is 140 g/mol. The van der Waals surface area contributed by atoms with Crippen LogP contribution in [0.5, 0.6) is 0 Å². The minimum atomic E-state index is 0. The molecule has 0 unspecified atom stereocenters. The molecule has 1 nitrogen and oxygen atoms in total. The van der Waals surface area contributed by atoms with Crippen LogP contribution in [-0.4, -0.2) is 5.48 Å². The number of rotatable bonds is 0. The second-order valence-corrected chi connectivity index (χ2v) is 0. The first-order chi connectivity index (χ1) is 0. The monoisotopic (exact) mass is 140 g/mol. The van der Waals surface area contributed by atoms with E-state index in [0.29, 0.717) is 0 Å². The van der Waals surface area contributed by atoms with Crippen LogP contribution in [0.2, 0.25) is 0 Å². The summed E-state index contributed by atoms with van der Waals surface area (Å²) in [5.41, 5.74) is 0. The summed E-state index contributed by atoms with van der Waals surface area (Å²) in [7, 11) is 0. The zero-order valence-electron chi connectivity index (χ0n) is 3.21. The van der Waals surface area contributed by atoms with E-state index >= 15 is 0 Å². The van der Waals surface area contributed by atoms with Crippen LogP contribution in [0.1, 0.15) is 1.43 Å². The topological polar surface area (TPSA) is 31.5 Å². The van der Waals surface area contributed by atoms with Gasteiger partial charge in [-0.15, -0.1) is 0 Å². The van der Waals surface area contributed by atoms with Gasteiger partial charge < -0.3 is 6.90 Å². The predicted molar refractivity (Wildman–Crippen MR) is 4.73 cm³/mol. The van der Waals surface area contributed by atoms with Crippen molar-refractivity contribution in [3.63, 3.8) is 0 Å². The molecule has 4 heavy (non-hydrogen) atoms. The Morgan fingerprint density at radius 1 is 1.25 bits per heavy atom. The molecule has 0 fully saturated rings. The smallest absolute Gasteiger partial charge is 1.00 e. The van der Waals surface area contributed by atoms with E-state index in [-0.39, 0.29) is 59.6 Å². The molecule has 0 bridgehead atoms. The fourth-order valence-electron chi connectivity index (χ4n) is 0. The molecule has 0 aromatic rings.